The summed E-state index contributed by atoms with van der Waals surface area (Å²) in [6, 6.07) is 34.6. The average molecular weight is 911 g/mol. The molecule has 0 saturated carbocycles. The van der Waals surface area contributed by atoms with Crippen LogP contribution in [0, 0.1) is 13.8 Å². The predicted molar refractivity (Wildman–Crippen MR) is 297 cm³/mol. The van der Waals surface area contributed by atoms with Crippen molar-refractivity contribution in [2.45, 2.75) is 188 Å². The number of furan rings is 1. The molecule has 2 aliphatic heterocycles. The zero-order chi connectivity index (χ0) is 49.1. The highest BCUT2D eigenvalue weighted by atomic mass is 16.3. The van der Waals surface area contributed by atoms with Crippen LogP contribution in [-0.2, 0) is 37.9 Å². The fourth-order valence-electron chi connectivity index (χ4n) is 14.5. The smallest absolute Gasteiger partial charge is 0.252 e. The van der Waals surface area contributed by atoms with Gasteiger partial charge in [-0.3, -0.25) is 0 Å². The van der Waals surface area contributed by atoms with Crippen LogP contribution >= 0.6 is 0 Å². The molecule has 0 atom stereocenters. The van der Waals surface area contributed by atoms with Gasteiger partial charge in [0.1, 0.15) is 11.2 Å². The summed E-state index contributed by atoms with van der Waals surface area (Å²) in [7, 11) is 0. The standard InChI is InChI=1S/C65H75BN2O/c1-37-20-18-19-21-50(37)67-52-30-41-40-29-43-47(63(12,13)25-23-61(43,8)9)34-56(40)69-57(41)35-49(52)66-48-31-44-46(65(16,17)36-64(44,14)15)33-53(48)68(55-28-39(59(3,4)5)27-54(67)58(55)66)51-32-45-42(26-38(51)2)60(6,7)22-24-62(45,10)11/h18-21,26-35H,22-25,36H2,1-17H3. The maximum atomic E-state index is 7.19. The molecule has 0 fully saturated rings. The lowest BCUT2D eigenvalue weighted by Gasteiger charge is -2.47. The molecule has 0 unspecified atom stereocenters. The van der Waals surface area contributed by atoms with Crippen molar-refractivity contribution in [3.8, 4) is 0 Å². The van der Waals surface area contributed by atoms with E-state index in [9.17, 15) is 0 Å². The third-order valence-corrected chi connectivity index (χ3v) is 18.7. The van der Waals surface area contributed by atoms with Crippen molar-refractivity contribution in [3.63, 3.8) is 0 Å². The van der Waals surface area contributed by atoms with Gasteiger partial charge in [-0.15, -0.1) is 0 Å². The van der Waals surface area contributed by atoms with Gasteiger partial charge >= 0.3 is 0 Å². The van der Waals surface area contributed by atoms with Crippen LogP contribution in [0.5, 0.6) is 0 Å². The van der Waals surface area contributed by atoms with E-state index in [4.69, 9.17) is 4.42 Å². The van der Waals surface area contributed by atoms with Crippen LogP contribution in [0.15, 0.2) is 89.3 Å². The SMILES string of the molecule is Cc1ccccc1N1c2cc3c(cc2B2c4cc5c(cc4N(c4cc6c(cc4C)C(C)(C)CCC6(C)C)c4cc(C(C)(C)C)cc1c42)C(C)(C)CC5(C)C)oc1cc2c(cc13)C(C)(C)CCC2(C)C. The molecule has 7 aromatic rings. The number of benzene rings is 6. The zero-order valence-corrected chi connectivity index (χ0v) is 45.0. The van der Waals surface area contributed by atoms with Gasteiger partial charge in [-0.25, -0.2) is 0 Å². The number of para-hydroxylation sites is 1. The van der Waals surface area contributed by atoms with E-state index in [2.05, 4.69) is 212 Å². The van der Waals surface area contributed by atoms with Crippen LogP contribution in [-0.4, -0.2) is 6.71 Å². The molecule has 3 heterocycles. The van der Waals surface area contributed by atoms with Gasteiger partial charge in [0.25, 0.3) is 6.71 Å². The monoisotopic (exact) mass is 911 g/mol. The molecule has 5 aliphatic rings. The highest BCUT2D eigenvalue weighted by molar-refractivity contribution is 7.00. The molecule has 3 aliphatic carbocycles. The normalized spacial score (nSPS) is 20.6. The summed E-state index contributed by atoms with van der Waals surface area (Å²) in [4.78, 5) is 5.39. The molecule has 0 radical (unpaired) electrons. The largest absolute Gasteiger partial charge is 0.456 e. The van der Waals surface area contributed by atoms with Crippen LogP contribution in [0.1, 0.15) is 186 Å². The first-order chi connectivity index (χ1) is 32.1. The maximum absolute atomic E-state index is 7.19. The summed E-state index contributed by atoms with van der Waals surface area (Å²) in [6.45, 7) is 41.4. The molecule has 0 amide bonds. The van der Waals surface area contributed by atoms with Crippen molar-refractivity contribution in [2.24, 2.45) is 0 Å². The van der Waals surface area contributed by atoms with Crippen molar-refractivity contribution in [1.29, 1.82) is 0 Å². The molecular weight excluding hydrogens is 836 g/mol. The molecule has 12 rings (SSSR count). The zero-order valence-electron chi connectivity index (χ0n) is 45.0. The van der Waals surface area contributed by atoms with Gasteiger partial charge in [-0.2, -0.15) is 0 Å². The highest BCUT2D eigenvalue weighted by Crippen LogP contribution is 2.56. The van der Waals surface area contributed by atoms with Gasteiger partial charge < -0.3 is 14.2 Å². The number of fused-ring (bicyclic) bond motifs is 10. The van der Waals surface area contributed by atoms with Crippen molar-refractivity contribution in [1.82, 2.24) is 0 Å². The van der Waals surface area contributed by atoms with Crippen molar-refractivity contribution in [3.05, 3.63) is 135 Å². The van der Waals surface area contributed by atoms with Gasteiger partial charge in [0.15, 0.2) is 0 Å². The minimum atomic E-state index is -0.115. The Morgan fingerprint density at radius 3 is 1.48 bits per heavy atom. The molecule has 0 bridgehead atoms. The maximum Gasteiger partial charge on any atom is 0.252 e. The van der Waals surface area contributed by atoms with Crippen LogP contribution in [0.2, 0.25) is 0 Å². The summed E-state index contributed by atoms with van der Waals surface area (Å²) in [5.74, 6) is 0. The van der Waals surface area contributed by atoms with Crippen LogP contribution in [0.4, 0.5) is 34.1 Å². The quantitative estimate of drug-likeness (QED) is 0.161. The number of aryl methyl sites for hydroxylation is 2. The van der Waals surface area contributed by atoms with E-state index in [1.807, 2.05) is 0 Å². The second-order valence-electron chi connectivity index (χ2n) is 27.6. The lowest BCUT2D eigenvalue weighted by Crippen LogP contribution is -2.61. The summed E-state index contributed by atoms with van der Waals surface area (Å²) in [6.07, 6.45) is 5.84. The first-order valence-corrected chi connectivity index (χ1v) is 26.3. The van der Waals surface area contributed by atoms with E-state index in [-0.39, 0.29) is 44.6 Å². The molecule has 0 saturated heterocycles. The van der Waals surface area contributed by atoms with E-state index < -0.39 is 0 Å². The number of hydrogen-bond acceptors (Lipinski definition) is 3. The predicted octanol–water partition coefficient (Wildman–Crippen LogP) is 16.2. The van der Waals surface area contributed by atoms with E-state index in [1.165, 1.54) is 137 Å². The number of hydrogen-bond donors (Lipinski definition) is 0. The number of rotatable bonds is 2. The summed E-state index contributed by atoms with van der Waals surface area (Å²) >= 11 is 0. The molecule has 69 heavy (non-hydrogen) atoms. The Balaban J connectivity index is 1.23. The van der Waals surface area contributed by atoms with Gasteiger partial charge in [0.2, 0.25) is 0 Å². The van der Waals surface area contributed by atoms with Crippen LogP contribution in [0.3, 0.4) is 0 Å². The van der Waals surface area contributed by atoms with E-state index in [0.717, 1.165) is 17.6 Å². The van der Waals surface area contributed by atoms with Gasteiger partial charge in [0, 0.05) is 44.9 Å². The topological polar surface area (TPSA) is 19.6 Å². The molecule has 3 nitrogen and oxygen atoms in total. The first-order valence-electron chi connectivity index (χ1n) is 26.3. The Bertz CT molecular complexity index is 3400. The Kier molecular flexibility index (Phi) is 8.99. The van der Waals surface area contributed by atoms with Crippen molar-refractivity contribution >= 4 is 79.2 Å². The van der Waals surface area contributed by atoms with Gasteiger partial charge in [-0.1, -0.05) is 134 Å². The second-order valence-corrected chi connectivity index (χ2v) is 27.6. The third-order valence-electron chi connectivity index (χ3n) is 18.7. The van der Waals surface area contributed by atoms with E-state index >= 15 is 0 Å². The van der Waals surface area contributed by atoms with Crippen LogP contribution in [0.25, 0.3) is 21.9 Å². The first kappa shape index (κ1) is 45.0. The fraction of sp³-hybridized carbons (Fsp3) is 0.446. The number of anilines is 6. The van der Waals surface area contributed by atoms with Gasteiger partial charge in [0.05, 0.1) is 0 Å². The molecule has 0 spiro atoms. The lowest BCUT2D eigenvalue weighted by atomic mass is 9.33. The van der Waals surface area contributed by atoms with Crippen molar-refractivity contribution < 1.29 is 4.42 Å². The third kappa shape index (κ3) is 6.31. The van der Waals surface area contributed by atoms with E-state index in [1.54, 1.807) is 0 Å². The molecular formula is C65H75BN2O. The number of nitrogens with zero attached hydrogens (tertiary/aromatic N) is 2. The van der Waals surface area contributed by atoms with Gasteiger partial charge in [-0.05, 0) is 205 Å². The molecule has 0 N–H and O–H groups in total. The molecule has 354 valence electrons. The average Bonchev–Trinajstić information content (AvgIpc) is 3.70. The Morgan fingerprint density at radius 1 is 0.435 bits per heavy atom. The molecule has 6 aromatic carbocycles. The minimum Gasteiger partial charge on any atom is -0.456 e. The summed E-state index contributed by atoms with van der Waals surface area (Å²) < 4.78 is 7.19. The minimum absolute atomic E-state index is 0.0210. The summed E-state index contributed by atoms with van der Waals surface area (Å²) in [5, 5.41) is 2.42. The highest BCUT2D eigenvalue weighted by Gasteiger charge is 2.50. The lowest BCUT2D eigenvalue weighted by molar-refractivity contribution is 0.332. The molecule has 4 heteroatoms. The van der Waals surface area contributed by atoms with Crippen molar-refractivity contribution in [2.75, 3.05) is 9.80 Å². The van der Waals surface area contributed by atoms with E-state index in [0.29, 0.717) is 0 Å². The second kappa shape index (κ2) is 13.8. The Morgan fingerprint density at radius 2 is 0.884 bits per heavy atom. The fourth-order valence-corrected chi connectivity index (χ4v) is 14.5. The molecule has 1 aromatic heterocycles. The Hall–Kier alpha value is -5.22. The van der Waals surface area contributed by atoms with Crippen LogP contribution < -0.4 is 26.2 Å². The Labute approximate surface area is 414 Å². The summed E-state index contributed by atoms with van der Waals surface area (Å²) in [5.41, 5.74) is 26.9.